The van der Waals surface area contributed by atoms with Gasteiger partial charge in [-0.25, -0.2) is 0 Å². The molecule has 0 amide bonds. The predicted molar refractivity (Wildman–Crippen MR) is 83.7 cm³/mol. The van der Waals surface area contributed by atoms with E-state index >= 15 is 0 Å². The van der Waals surface area contributed by atoms with E-state index in [1.807, 2.05) is 0 Å². The Bertz CT molecular complexity index is 472. The smallest absolute Gasteiger partial charge is 0.0741 e. The minimum atomic E-state index is -0.478. The molecule has 4 rings (SSSR count). The fourth-order valence-electron chi connectivity index (χ4n) is 6.77. The van der Waals surface area contributed by atoms with E-state index in [1.54, 1.807) is 0 Å². The van der Waals surface area contributed by atoms with Crippen LogP contribution in [0.15, 0.2) is 12.2 Å². The van der Waals surface area contributed by atoms with Crippen LogP contribution in [0.25, 0.3) is 0 Å². The van der Waals surface area contributed by atoms with Crippen LogP contribution in [0.4, 0.5) is 0 Å². The summed E-state index contributed by atoms with van der Waals surface area (Å²) in [6.07, 6.45) is 12.9. The van der Waals surface area contributed by atoms with Gasteiger partial charge in [0.1, 0.15) is 0 Å². The third kappa shape index (κ3) is 1.67. The maximum Gasteiger partial charge on any atom is 0.0741 e. The number of allylic oxidation sites excluding steroid dienone is 1. The highest BCUT2D eigenvalue weighted by atomic mass is 16.3. The fourth-order valence-corrected chi connectivity index (χ4v) is 6.77. The van der Waals surface area contributed by atoms with Gasteiger partial charge in [0.25, 0.3) is 0 Å². The number of aliphatic hydroxyl groups is 2. The second-order valence-corrected chi connectivity index (χ2v) is 8.88. The number of fused-ring (bicyclic) bond motifs is 5. The van der Waals surface area contributed by atoms with E-state index in [9.17, 15) is 10.2 Å². The van der Waals surface area contributed by atoms with Gasteiger partial charge in [0.15, 0.2) is 0 Å². The number of rotatable bonds is 0. The lowest BCUT2D eigenvalue weighted by Crippen LogP contribution is -2.60. The van der Waals surface area contributed by atoms with Crippen LogP contribution in [0.3, 0.4) is 0 Å². The average Bonchev–Trinajstić information content (AvgIpc) is 2.76. The van der Waals surface area contributed by atoms with E-state index in [2.05, 4.69) is 26.0 Å². The molecule has 21 heavy (non-hydrogen) atoms. The van der Waals surface area contributed by atoms with Crippen molar-refractivity contribution in [2.45, 2.75) is 76.9 Å². The van der Waals surface area contributed by atoms with E-state index in [4.69, 9.17) is 0 Å². The average molecular weight is 290 g/mol. The molecule has 0 bridgehead atoms. The molecule has 3 saturated carbocycles. The maximum absolute atomic E-state index is 11.2. The van der Waals surface area contributed by atoms with Crippen molar-refractivity contribution in [2.24, 2.45) is 28.6 Å². The van der Waals surface area contributed by atoms with Gasteiger partial charge in [-0.2, -0.15) is 0 Å². The standard InChI is InChI=1S/C19H30O2/c1-17-11-8-15-13(14(17)5-6-16(17)20)7-12-19(21)10-4-3-9-18(15,19)2/h3-4,13-16,20-21H,5-12H2,1-2H3/t13?,14?,15?,16-,17?,18?,19?/m0/s1. The van der Waals surface area contributed by atoms with Gasteiger partial charge in [-0.15, -0.1) is 0 Å². The van der Waals surface area contributed by atoms with E-state index in [-0.39, 0.29) is 16.9 Å². The van der Waals surface area contributed by atoms with E-state index in [0.717, 1.165) is 44.4 Å². The van der Waals surface area contributed by atoms with Crippen LogP contribution in [0.5, 0.6) is 0 Å². The highest BCUT2D eigenvalue weighted by Gasteiger charge is 2.63. The first-order chi connectivity index (χ1) is 9.91. The minimum Gasteiger partial charge on any atom is -0.393 e. The largest absolute Gasteiger partial charge is 0.393 e. The highest BCUT2D eigenvalue weighted by Crippen LogP contribution is 2.66. The lowest BCUT2D eigenvalue weighted by molar-refractivity contribution is -0.189. The van der Waals surface area contributed by atoms with Crippen molar-refractivity contribution in [1.29, 1.82) is 0 Å². The summed E-state index contributed by atoms with van der Waals surface area (Å²) in [6.45, 7) is 4.68. The van der Waals surface area contributed by atoms with Gasteiger partial charge in [0, 0.05) is 5.41 Å². The van der Waals surface area contributed by atoms with Crippen LogP contribution in [0, 0.1) is 28.6 Å². The topological polar surface area (TPSA) is 40.5 Å². The Hall–Kier alpha value is -0.340. The van der Waals surface area contributed by atoms with Crippen molar-refractivity contribution in [1.82, 2.24) is 0 Å². The first-order valence-electron chi connectivity index (χ1n) is 8.96. The number of hydrogen-bond donors (Lipinski definition) is 2. The lowest BCUT2D eigenvalue weighted by Gasteiger charge is -2.62. The zero-order valence-electron chi connectivity index (χ0n) is 13.5. The molecule has 6 unspecified atom stereocenters. The Morgan fingerprint density at radius 2 is 1.67 bits per heavy atom. The Labute approximate surface area is 128 Å². The summed E-state index contributed by atoms with van der Waals surface area (Å²) in [7, 11) is 0. The molecule has 0 aromatic heterocycles. The second-order valence-electron chi connectivity index (χ2n) is 8.88. The van der Waals surface area contributed by atoms with Gasteiger partial charge in [-0.05, 0) is 74.5 Å². The van der Waals surface area contributed by atoms with E-state index < -0.39 is 5.60 Å². The van der Waals surface area contributed by atoms with Crippen molar-refractivity contribution >= 4 is 0 Å². The molecule has 0 spiro atoms. The molecule has 4 aliphatic rings. The monoisotopic (exact) mass is 290 g/mol. The van der Waals surface area contributed by atoms with E-state index in [0.29, 0.717) is 11.8 Å². The SMILES string of the molecule is CC12CCC3C(CCC4(O)CC=CCC34C)C1CC[C@@H]2O. The third-order valence-corrected chi connectivity index (χ3v) is 8.32. The minimum absolute atomic E-state index is 0.0551. The third-order valence-electron chi connectivity index (χ3n) is 8.32. The van der Waals surface area contributed by atoms with Crippen LogP contribution in [-0.4, -0.2) is 21.9 Å². The zero-order valence-corrected chi connectivity index (χ0v) is 13.5. The van der Waals surface area contributed by atoms with Gasteiger partial charge < -0.3 is 10.2 Å². The zero-order chi connectivity index (χ0) is 14.9. The normalized spacial score (nSPS) is 59.2. The highest BCUT2D eigenvalue weighted by molar-refractivity contribution is 5.17. The van der Waals surface area contributed by atoms with Crippen molar-refractivity contribution in [2.75, 3.05) is 0 Å². The van der Waals surface area contributed by atoms with Gasteiger partial charge in [0.05, 0.1) is 11.7 Å². The molecule has 118 valence electrons. The van der Waals surface area contributed by atoms with Crippen molar-refractivity contribution in [3.05, 3.63) is 12.2 Å². The molecule has 0 aromatic carbocycles. The van der Waals surface area contributed by atoms with Crippen LogP contribution in [0.2, 0.25) is 0 Å². The fraction of sp³-hybridized carbons (Fsp3) is 0.895. The van der Waals surface area contributed by atoms with Crippen molar-refractivity contribution in [3.8, 4) is 0 Å². The molecular weight excluding hydrogens is 260 g/mol. The predicted octanol–water partition coefficient (Wildman–Crippen LogP) is 3.67. The first kappa shape index (κ1) is 14.3. The van der Waals surface area contributed by atoms with E-state index in [1.165, 1.54) is 12.8 Å². The van der Waals surface area contributed by atoms with Gasteiger partial charge in [-0.1, -0.05) is 26.0 Å². The Morgan fingerprint density at radius 3 is 2.48 bits per heavy atom. The van der Waals surface area contributed by atoms with Crippen molar-refractivity contribution in [3.63, 3.8) is 0 Å². The van der Waals surface area contributed by atoms with Crippen LogP contribution in [-0.2, 0) is 0 Å². The van der Waals surface area contributed by atoms with Gasteiger partial charge in [-0.3, -0.25) is 0 Å². The summed E-state index contributed by atoms with van der Waals surface area (Å²) in [4.78, 5) is 0. The molecule has 0 radical (unpaired) electrons. The lowest BCUT2D eigenvalue weighted by atomic mass is 9.44. The van der Waals surface area contributed by atoms with Crippen LogP contribution in [0.1, 0.15) is 65.2 Å². The second kappa shape index (κ2) is 4.35. The quantitative estimate of drug-likeness (QED) is 0.668. The molecule has 7 atom stereocenters. The number of hydrogen-bond acceptors (Lipinski definition) is 2. The van der Waals surface area contributed by atoms with Gasteiger partial charge >= 0.3 is 0 Å². The molecular formula is C19H30O2. The van der Waals surface area contributed by atoms with Gasteiger partial charge in [0.2, 0.25) is 0 Å². The Kier molecular flexibility index (Phi) is 2.96. The molecule has 2 heteroatoms. The molecule has 4 aliphatic carbocycles. The molecule has 0 heterocycles. The maximum atomic E-state index is 11.2. The van der Waals surface area contributed by atoms with Crippen LogP contribution < -0.4 is 0 Å². The summed E-state index contributed by atoms with van der Waals surface area (Å²) in [6, 6.07) is 0. The summed E-state index contributed by atoms with van der Waals surface area (Å²) >= 11 is 0. The molecule has 3 fully saturated rings. The molecule has 2 N–H and O–H groups in total. The number of aliphatic hydroxyl groups excluding tert-OH is 1. The molecule has 0 saturated heterocycles. The summed E-state index contributed by atoms with van der Waals surface area (Å²) < 4.78 is 0. The molecule has 2 nitrogen and oxygen atoms in total. The summed E-state index contributed by atoms with van der Waals surface area (Å²) in [5, 5.41) is 21.7. The Morgan fingerprint density at radius 1 is 0.905 bits per heavy atom. The summed E-state index contributed by atoms with van der Waals surface area (Å²) in [5.74, 6) is 2.04. The Balaban J connectivity index is 1.70. The molecule has 0 aromatic rings. The molecule has 0 aliphatic heterocycles. The van der Waals surface area contributed by atoms with Crippen LogP contribution >= 0.6 is 0 Å². The first-order valence-corrected chi connectivity index (χ1v) is 8.96. The summed E-state index contributed by atoms with van der Waals surface area (Å²) in [5.41, 5.74) is -0.273. The van der Waals surface area contributed by atoms with Crippen molar-refractivity contribution < 1.29 is 10.2 Å².